The lowest BCUT2D eigenvalue weighted by molar-refractivity contribution is -0.137. The third-order valence-corrected chi connectivity index (χ3v) is 2.43. The molecule has 6 nitrogen and oxygen atoms in total. The maximum Gasteiger partial charge on any atom is 0.443 e. The van der Waals surface area contributed by atoms with Crippen LogP contribution in [0.3, 0.4) is 0 Å². The van der Waals surface area contributed by atoms with Gasteiger partial charge in [-0.25, -0.2) is 9.36 Å². The van der Waals surface area contributed by atoms with Crippen molar-refractivity contribution in [1.29, 1.82) is 0 Å². The molecule has 2 rings (SSSR count). The number of ether oxygens (including phenoxy) is 1. The van der Waals surface area contributed by atoms with Crippen molar-refractivity contribution in [1.82, 2.24) is 14.7 Å². The zero-order chi connectivity index (χ0) is 14.8. The fourth-order valence-electron chi connectivity index (χ4n) is 1.48. The van der Waals surface area contributed by atoms with Gasteiger partial charge in [0.1, 0.15) is 12.4 Å². The van der Waals surface area contributed by atoms with E-state index in [1.165, 1.54) is 0 Å². The highest BCUT2D eigenvalue weighted by molar-refractivity contribution is 5.50. The first-order valence-electron chi connectivity index (χ1n) is 5.61. The van der Waals surface area contributed by atoms with Crippen LogP contribution in [0.5, 0.6) is 0 Å². The van der Waals surface area contributed by atoms with Gasteiger partial charge in [0, 0.05) is 12.8 Å². The van der Waals surface area contributed by atoms with E-state index in [2.05, 4.69) is 14.7 Å². The van der Waals surface area contributed by atoms with Gasteiger partial charge in [-0.2, -0.15) is 13.2 Å². The average Bonchev–Trinajstić information content (AvgIpc) is 2.77. The molecule has 0 spiro atoms. The topological polar surface area (TPSA) is 70.2 Å². The van der Waals surface area contributed by atoms with Crippen LogP contribution in [0.2, 0.25) is 0 Å². The normalized spacial score (nSPS) is 11.8. The Balaban J connectivity index is 2.44. The second-order valence-corrected chi connectivity index (χ2v) is 3.75. The molecule has 0 aliphatic carbocycles. The summed E-state index contributed by atoms with van der Waals surface area (Å²) in [4.78, 5) is 15.2. The molecule has 2 aromatic rings. The summed E-state index contributed by atoms with van der Waals surface area (Å²) in [7, 11) is 0. The Labute approximate surface area is 110 Å². The van der Waals surface area contributed by atoms with Crippen molar-refractivity contribution in [2.75, 3.05) is 6.61 Å². The number of pyridine rings is 1. The van der Waals surface area contributed by atoms with Crippen LogP contribution >= 0.6 is 0 Å². The molecule has 108 valence electrons. The van der Waals surface area contributed by atoms with Crippen LogP contribution < -0.4 is 5.76 Å². The van der Waals surface area contributed by atoms with Crippen LogP contribution in [-0.4, -0.2) is 21.3 Å². The number of rotatable bonds is 4. The van der Waals surface area contributed by atoms with E-state index in [-0.39, 0.29) is 18.2 Å². The lowest BCUT2D eigenvalue weighted by Crippen LogP contribution is -2.17. The third-order valence-electron chi connectivity index (χ3n) is 2.43. The molecule has 0 aromatic carbocycles. The van der Waals surface area contributed by atoms with E-state index in [0.717, 1.165) is 22.9 Å². The molecule has 0 amide bonds. The highest BCUT2D eigenvalue weighted by Gasteiger charge is 2.31. The molecule has 0 aliphatic heterocycles. The maximum absolute atomic E-state index is 12.6. The predicted octanol–water partition coefficient (Wildman–Crippen LogP) is 1.91. The number of hydrogen-bond donors (Lipinski definition) is 0. The van der Waals surface area contributed by atoms with Gasteiger partial charge in [-0.3, -0.25) is 9.51 Å². The molecule has 2 heterocycles. The second-order valence-electron chi connectivity index (χ2n) is 3.75. The first kappa shape index (κ1) is 14.3. The molecule has 0 aliphatic rings. The molecule has 0 bridgehead atoms. The summed E-state index contributed by atoms with van der Waals surface area (Å²) in [6, 6.07) is 1.62. The summed E-state index contributed by atoms with van der Waals surface area (Å²) >= 11 is 0. The summed E-state index contributed by atoms with van der Waals surface area (Å²) in [6.07, 6.45) is -3.52. The summed E-state index contributed by atoms with van der Waals surface area (Å²) in [5.41, 5.74) is -1.01. The molecule has 0 unspecified atom stereocenters. The SMILES string of the molecule is CCOCn1c(-c2cc(C(F)(F)F)ccn2)noc1=O. The van der Waals surface area contributed by atoms with Gasteiger partial charge in [0.05, 0.1) is 5.56 Å². The van der Waals surface area contributed by atoms with Crippen LogP contribution in [0.4, 0.5) is 13.2 Å². The van der Waals surface area contributed by atoms with Gasteiger partial charge in [0.2, 0.25) is 5.82 Å². The van der Waals surface area contributed by atoms with E-state index in [1.54, 1.807) is 6.92 Å². The van der Waals surface area contributed by atoms with Crippen LogP contribution in [0.25, 0.3) is 11.5 Å². The van der Waals surface area contributed by atoms with Crippen LogP contribution in [0.15, 0.2) is 27.6 Å². The molecular weight excluding hydrogens is 279 g/mol. The fraction of sp³-hybridized carbons (Fsp3) is 0.364. The molecule has 9 heteroatoms. The molecule has 2 aromatic heterocycles. The first-order chi connectivity index (χ1) is 9.43. The van der Waals surface area contributed by atoms with Gasteiger partial charge in [0.15, 0.2) is 0 Å². The van der Waals surface area contributed by atoms with Crippen LogP contribution in [-0.2, 0) is 17.6 Å². The van der Waals surface area contributed by atoms with Crippen molar-refractivity contribution in [3.8, 4) is 11.5 Å². The largest absolute Gasteiger partial charge is 0.443 e. The Bertz CT molecular complexity index is 648. The fourth-order valence-corrected chi connectivity index (χ4v) is 1.48. The Kier molecular flexibility index (Phi) is 3.89. The first-order valence-corrected chi connectivity index (χ1v) is 5.61. The maximum atomic E-state index is 12.6. The van der Waals surface area contributed by atoms with Crippen LogP contribution in [0, 0.1) is 0 Å². The summed E-state index contributed by atoms with van der Waals surface area (Å²) < 4.78 is 48.3. The van der Waals surface area contributed by atoms with Crippen molar-refractivity contribution in [3.63, 3.8) is 0 Å². The molecular formula is C11H10F3N3O3. The van der Waals surface area contributed by atoms with Gasteiger partial charge in [-0.05, 0) is 19.1 Å². The van der Waals surface area contributed by atoms with Crippen molar-refractivity contribution >= 4 is 0 Å². The zero-order valence-corrected chi connectivity index (χ0v) is 10.3. The van der Waals surface area contributed by atoms with E-state index in [4.69, 9.17) is 4.74 Å². The number of halogens is 3. The van der Waals surface area contributed by atoms with E-state index >= 15 is 0 Å². The van der Waals surface area contributed by atoms with Crippen molar-refractivity contribution in [2.24, 2.45) is 0 Å². The molecule has 0 fully saturated rings. The summed E-state index contributed by atoms with van der Waals surface area (Å²) in [6.45, 7) is 1.86. The number of nitrogens with zero attached hydrogens (tertiary/aromatic N) is 3. The van der Waals surface area contributed by atoms with E-state index in [9.17, 15) is 18.0 Å². The number of alkyl halides is 3. The molecule has 20 heavy (non-hydrogen) atoms. The molecule has 0 saturated carbocycles. The van der Waals surface area contributed by atoms with E-state index in [1.807, 2.05) is 0 Å². The Hall–Kier alpha value is -2.16. The summed E-state index contributed by atoms with van der Waals surface area (Å²) in [5.74, 6) is -0.942. The minimum absolute atomic E-state index is 0.116. The quantitative estimate of drug-likeness (QED) is 0.860. The minimum atomic E-state index is -4.51. The van der Waals surface area contributed by atoms with Gasteiger partial charge in [-0.15, -0.1) is 0 Å². The average molecular weight is 289 g/mol. The highest BCUT2D eigenvalue weighted by Crippen LogP contribution is 2.30. The zero-order valence-electron chi connectivity index (χ0n) is 10.3. The number of hydrogen-bond acceptors (Lipinski definition) is 5. The van der Waals surface area contributed by atoms with Crippen molar-refractivity contribution in [2.45, 2.75) is 19.8 Å². The Morgan fingerprint density at radius 3 is 2.85 bits per heavy atom. The lowest BCUT2D eigenvalue weighted by Gasteiger charge is -2.08. The Morgan fingerprint density at radius 2 is 2.20 bits per heavy atom. The smallest absolute Gasteiger partial charge is 0.361 e. The lowest BCUT2D eigenvalue weighted by atomic mass is 10.2. The standard InChI is InChI=1S/C11H10F3N3O3/c1-2-19-6-17-9(16-20-10(17)18)8-5-7(3-4-15-8)11(12,13)14/h3-5H,2,6H2,1H3. The monoisotopic (exact) mass is 289 g/mol. The highest BCUT2D eigenvalue weighted by atomic mass is 19.4. The van der Waals surface area contributed by atoms with Gasteiger partial charge < -0.3 is 4.74 Å². The van der Waals surface area contributed by atoms with Crippen LogP contribution in [0.1, 0.15) is 12.5 Å². The summed E-state index contributed by atoms with van der Waals surface area (Å²) in [5, 5.41) is 3.43. The van der Waals surface area contributed by atoms with Crippen molar-refractivity contribution in [3.05, 3.63) is 34.4 Å². The minimum Gasteiger partial charge on any atom is -0.361 e. The molecule has 0 N–H and O–H groups in total. The number of aromatic nitrogens is 3. The Morgan fingerprint density at radius 1 is 1.45 bits per heavy atom. The second kappa shape index (κ2) is 5.45. The molecule has 0 radical (unpaired) electrons. The van der Waals surface area contributed by atoms with Gasteiger partial charge in [0.25, 0.3) is 0 Å². The molecule has 0 atom stereocenters. The third kappa shape index (κ3) is 2.87. The van der Waals surface area contributed by atoms with Gasteiger partial charge in [-0.1, -0.05) is 5.16 Å². The van der Waals surface area contributed by atoms with Gasteiger partial charge >= 0.3 is 11.9 Å². The predicted molar refractivity (Wildman–Crippen MR) is 60.6 cm³/mol. The van der Waals surface area contributed by atoms with E-state index < -0.39 is 17.5 Å². The van der Waals surface area contributed by atoms with Crippen molar-refractivity contribution < 1.29 is 22.4 Å². The van der Waals surface area contributed by atoms with E-state index in [0.29, 0.717) is 6.61 Å². The molecule has 0 saturated heterocycles.